The number of amides is 2. The van der Waals surface area contributed by atoms with E-state index in [0.717, 1.165) is 41.7 Å². The standard InChI is InChI=1S/C20H27BrN2O4/c1-3-19(24)22-11-5-7-13-26-16-9-10-17(21)18(15-16)27-14-8-6-12-23-20(25)4-2/h3-4,9-10,15H,1-2,5-8,11-14H2,(H,22,24)(H,23,25). The van der Waals surface area contributed by atoms with E-state index in [-0.39, 0.29) is 11.8 Å². The second-order valence-corrected chi connectivity index (χ2v) is 6.55. The minimum Gasteiger partial charge on any atom is -0.493 e. The average Bonchev–Trinajstić information content (AvgIpc) is 2.68. The van der Waals surface area contributed by atoms with Gasteiger partial charge in [-0.05, 0) is 65.9 Å². The Bertz CT molecular complexity index is 634. The van der Waals surface area contributed by atoms with Crippen molar-refractivity contribution in [3.05, 3.63) is 48.0 Å². The SMILES string of the molecule is C=CC(=O)NCCCCOc1ccc(Br)c(OCCCCNC(=O)C=C)c1. The lowest BCUT2D eigenvalue weighted by molar-refractivity contribution is -0.117. The van der Waals surface area contributed by atoms with Crippen molar-refractivity contribution < 1.29 is 19.1 Å². The summed E-state index contributed by atoms with van der Waals surface area (Å²) in [6, 6.07) is 5.61. The van der Waals surface area contributed by atoms with Gasteiger partial charge in [-0.2, -0.15) is 0 Å². The quantitative estimate of drug-likeness (QED) is 0.344. The Morgan fingerprint density at radius 1 is 0.926 bits per heavy atom. The van der Waals surface area contributed by atoms with Crippen LogP contribution in [0.2, 0.25) is 0 Å². The molecule has 0 aromatic heterocycles. The zero-order valence-corrected chi connectivity index (χ0v) is 17.1. The van der Waals surface area contributed by atoms with Gasteiger partial charge in [0.25, 0.3) is 0 Å². The van der Waals surface area contributed by atoms with E-state index in [2.05, 4.69) is 39.7 Å². The molecular formula is C20H27BrN2O4. The van der Waals surface area contributed by atoms with E-state index in [9.17, 15) is 9.59 Å². The Morgan fingerprint density at radius 3 is 2.04 bits per heavy atom. The van der Waals surface area contributed by atoms with Crippen LogP contribution < -0.4 is 20.1 Å². The van der Waals surface area contributed by atoms with Crippen molar-refractivity contribution in [1.82, 2.24) is 10.6 Å². The lowest BCUT2D eigenvalue weighted by Gasteiger charge is -2.11. The summed E-state index contributed by atoms with van der Waals surface area (Å²) in [6.07, 6.45) is 5.84. The molecule has 2 amide bonds. The van der Waals surface area contributed by atoms with Crippen LogP contribution in [0.25, 0.3) is 0 Å². The molecule has 0 radical (unpaired) electrons. The van der Waals surface area contributed by atoms with Gasteiger partial charge in [-0.3, -0.25) is 9.59 Å². The van der Waals surface area contributed by atoms with E-state index in [0.29, 0.717) is 26.3 Å². The van der Waals surface area contributed by atoms with Crippen LogP contribution in [0.4, 0.5) is 0 Å². The first-order chi connectivity index (χ1) is 13.1. The van der Waals surface area contributed by atoms with Gasteiger partial charge in [-0.25, -0.2) is 0 Å². The van der Waals surface area contributed by atoms with Crippen molar-refractivity contribution in [3.63, 3.8) is 0 Å². The van der Waals surface area contributed by atoms with Gasteiger partial charge in [0.15, 0.2) is 0 Å². The highest BCUT2D eigenvalue weighted by Crippen LogP contribution is 2.29. The highest BCUT2D eigenvalue weighted by molar-refractivity contribution is 9.10. The molecule has 1 aromatic carbocycles. The van der Waals surface area contributed by atoms with Crippen LogP contribution in [0.5, 0.6) is 11.5 Å². The molecular weight excluding hydrogens is 412 g/mol. The van der Waals surface area contributed by atoms with Gasteiger partial charge in [0.1, 0.15) is 11.5 Å². The number of hydrogen-bond acceptors (Lipinski definition) is 4. The summed E-state index contributed by atoms with van der Waals surface area (Å²) in [7, 11) is 0. The van der Waals surface area contributed by atoms with Gasteiger partial charge in [0.2, 0.25) is 11.8 Å². The summed E-state index contributed by atoms with van der Waals surface area (Å²) in [4.78, 5) is 22.1. The largest absolute Gasteiger partial charge is 0.493 e. The molecule has 0 heterocycles. The Balaban J connectivity index is 2.24. The second kappa shape index (κ2) is 13.9. The first-order valence-electron chi connectivity index (χ1n) is 8.92. The van der Waals surface area contributed by atoms with Crippen LogP contribution in [0.1, 0.15) is 25.7 Å². The Hall–Kier alpha value is -2.28. The van der Waals surface area contributed by atoms with Gasteiger partial charge in [0.05, 0.1) is 17.7 Å². The Kier molecular flexibility index (Phi) is 11.7. The number of benzene rings is 1. The molecule has 1 aromatic rings. The van der Waals surface area contributed by atoms with Gasteiger partial charge in [-0.15, -0.1) is 0 Å². The third kappa shape index (κ3) is 10.5. The van der Waals surface area contributed by atoms with E-state index in [1.54, 1.807) is 0 Å². The molecule has 0 spiro atoms. The maximum absolute atomic E-state index is 11.0. The molecule has 7 heteroatoms. The molecule has 0 bridgehead atoms. The normalized spacial score (nSPS) is 9.96. The molecule has 0 fully saturated rings. The molecule has 0 aliphatic carbocycles. The number of rotatable bonds is 14. The van der Waals surface area contributed by atoms with Crippen LogP contribution in [0.15, 0.2) is 48.0 Å². The topological polar surface area (TPSA) is 76.7 Å². The second-order valence-electron chi connectivity index (χ2n) is 5.69. The van der Waals surface area contributed by atoms with Crippen molar-refractivity contribution in [2.24, 2.45) is 0 Å². The minimum absolute atomic E-state index is 0.159. The molecule has 148 valence electrons. The van der Waals surface area contributed by atoms with E-state index in [1.165, 1.54) is 12.2 Å². The summed E-state index contributed by atoms with van der Waals surface area (Å²) in [5.74, 6) is 1.14. The summed E-state index contributed by atoms with van der Waals surface area (Å²) < 4.78 is 12.4. The maximum Gasteiger partial charge on any atom is 0.243 e. The highest BCUT2D eigenvalue weighted by Gasteiger charge is 2.04. The van der Waals surface area contributed by atoms with Gasteiger partial charge in [0, 0.05) is 19.2 Å². The molecule has 2 N–H and O–H groups in total. The fraction of sp³-hybridized carbons (Fsp3) is 0.400. The Labute approximate surface area is 169 Å². The molecule has 6 nitrogen and oxygen atoms in total. The zero-order valence-electron chi connectivity index (χ0n) is 15.5. The monoisotopic (exact) mass is 438 g/mol. The molecule has 0 aliphatic rings. The molecule has 0 saturated heterocycles. The predicted octanol–water partition coefficient (Wildman–Crippen LogP) is 3.37. The van der Waals surface area contributed by atoms with Gasteiger partial charge < -0.3 is 20.1 Å². The van der Waals surface area contributed by atoms with Crippen molar-refractivity contribution in [1.29, 1.82) is 0 Å². The minimum atomic E-state index is -0.161. The third-order valence-corrected chi connectivity index (χ3v) is 4.20. The van der Waals surface area contributed by atoms with Crippen LogP contribution >= 0.6 is 15.9 Å². The molecule has 0 saturated carbocycles. The number of unbranched alkanes of at least 4 members (excludes halogenated alkanes) is 2. The Morgan fingerprint density at radius 2 is 1.48 bits per heavy atom. The third-order valence-electron chi connectivity index (χ3n) is 3.54. The molecule has 1 rings (SSSR count). The van der Waals surface area contributed by atoms with Crippen LogP contribution in [-0.4, -0.2) is 38.1 Å². The van der Waals surface area contributed by atoms with Crippen LogP contribution in [-0.2, 0) is 9.59 Å². The average molecular weight is 439 g/mol. The van der Waals surface area contributed by atoms with Crippen molar-refractivity contribution >= 4 is 27.7 Å². The van der Waals surface area contributed by atoms with E-state index in [1.807, 2.05) is 18.2 Å². The fourth-order valence-corrected chi connectivity index (χ4v) is 2.44. The predicted molar refractivity (Wildman–Crippen MR) is 110 cm³/mol. The number of ether oxygens (including phenoxy) is 2. The lowest BCUT2D eigenvalue weighted by Crippen LogP contribution is -2.22. The van der Waals surface area contributed by atoms with Crippen molar-refractivity contribution in [2.45, 2.75) is 25.7 Å². The van der Waals surface area contributed by atoms with Crippen molar-refractivity contribution in [2.75, 3.05) is 26.3 Å². The van der Waals surface area contributed by atoms with Gasteiger partial charge in [-0.1, -0.05) is 13.2 Å². The lowest BCUT2D eigenvalue weighted by atomic mass is 10.3. The number of carbonyl (C=O) groups is 2. The molecule has 27 heavy (non-hydrogen) atoms. The first kappa shape index (κ1) is 22.8. The first-order valence-corrected chi connectivity index (χ1v) is 9.71. The van der Waals surface area contributed by atoms with E-state index < -0.39 is 0 Å². The summed E-state index contributed by atoms with van der Waals surface area (Å²) >= 11 is 3.47. The number of halogens is 1. The molecule has 0 aliphatic heterocycles. The van der Waals surface area contributed by atoms with E-state index >= 15 is 0 Å². The summed E-state index contributed by atoms with van der Waals surface area (Å²) in [5.41, 5.74) is 0. The molecule has 0 atom stereocenters. The molecule has 0 unspecified atom stereocenters. The fourth-order valence-electron chi connectivity index (χ4n) is 2.08. The van der Waals surface area contributed by atoms with Crippen molar-refractivity contribution in [3.8, 4) is 11.5 Å². The van der Waals surface area contributed by atoms with E-state index in [4.69, 9.17) is 9.47 Å². The van der Waals surface area contributed by atoms with Crippen LogP contribution in [0.3, 0.4) is 0 Å². The zero-order chi connectivity index (χ0) is 19.9. The highest BCUT2D eigenvalue weighted by atomic mass is 79.9. The van der Waals surface area contributed by atoms with Crippen LogP contribution in [0, 0.1) is 0 Å². The smallest absolute Gasteiger partial charge is 0.243 e. The van der Waals surface area contributed by atoms with Gasteiger partial charge >= 0.3 is 0 Å². The number of nitrogens with one attached hydrogen (secondary N) is 2. The maximum atomic E-state index is 11.0. The summed E-state index contributed by atoms with van der Waals surface area (Å²) in [6.45, 7) is 9.13. The summed E-state index contributed by atoms with van der Waals surface area (Å²) in [5, 5.41) is 5.46. The number of hydrogen-bond donors (Lipinski definition) is 2. The number of carbonyl (C=O) groups excluding carboxylic acids is 2.